The van der Waals surface area contributed by atoms with E-state index in [4.69, 9.17) is 9.47 Å². The topological polar surface area (TPSA) is 38.8 Å². The molecule has 2 fully saturated rings. The van der Waals surface area contributed by atoms with Crippen molar-refractivity contribution in [1.82, 2.24) is 4.90 Å². The maximum Gasteiger partial charge on any atom is 0.248 e. The largest absolute Gasteiger partial charge is 0.377 e. The first kappa shape index (κ1) is 14.8. The second-order valence-corrected chi connectivity index (χ2v) is 5.63. The van der Waals surface area contributed by atoms with Crippen LogP contribution in [0.3, 0.4) is 0 Å². The Hall–Kier alpha value is -0.610. The number of hydrogen-bond donors (Lipinski definition) is 0. The van der Waals surface area contributed by atoms with E-state index >= 15 is 0 Å². The molecule has 0 radical (unpaired) electrons. The summed E-state index contributed by atoms with van der Waals surface area (Å²) in [5.41, 5.74) is 0. The number of carbonyl (C=O) groups is 1. The molecule has 1 atom stereocenters. The summed E-state index contributed by atoms with van der Waals surface area (Å²) in [6, 6.07) is 0. The summed E-state index contributed by atoms with van der Waals surface area (Å²) in [6.45, 7) is 4.58. The van der Waals surface area contributed by atoms with Crippen molar-refractivity contribution < 1.29 is 14.3 Å². The molecule has 0 N–H and O–H groups in total. The highest BCUT2D eigenvalue weighted by Crippen LogP contribution is 2.20. The molecule has 0 aromatic heterocycles. The highest BCUT2D eigenvalue weighted by molar-refractivity contribution is 5.77. The Balaban J connectivity index is 1.69. The monoisotopic (exact) mass is 269 g/mol. The van der Waals surface area contributed by atoms with Crippen LogP contribution in [0.2, 0.25) is 0 Å². The van der Waals surface area contributed by atoms with Crippen molar-refractivity contribution in [1.29, 1.82) is 0 Å². The Morgan fingerprint density at radius 2 is 1.79 bits per heavy atom. The van der Waals surface area contributed by atoms with Gasteiger partial charge in [-0.1, -0.05) is 19.3 Å². The predicted octanol–water partition coefficient (Wildman–Crippen LogP) is 2.36. The Morgan fingerprint density at radius 3 is 2.53 bits per heavy atom. The molecule has 0 aromatic rings. The average Bonchev–Trinajstić information content (AvgIpc) is 2.46. The van der Waals surface area contributed by atoms with Gasteiger partial charge in [-0.3, -0.25) is 4.79 Å². The van der Waals surface area contributed by atoms with Crippen LogP contribution in [0.15, 0.2) is 0 Å². The third-order valence-electron chi connectivity index (χ3n) is 4.13. The van der Waals surface area contributed by atoms with Crippen LogP contribution in [0.25, 0.3) is 0 Å². The molecule has 0 bridgehead atoms. The number of rotatable bonds is 5. The van der Waals surface area contributed by atoms with Crippen LogP contribution in [-0.2, 0) is 14.3 Å². The Morgan fingerprint density at radius 1 is 1.05 bits per heavy atom. The molecule has 1 saturated carbocycles. The zero-order valence-electron chi connectivity index (χ0n) is 12.1. The minimum Gasteiger partial charge on any atom is -0.377 e. The summed E-state index contributed by atoms with van der Waals surface area (Å²) in [4.78, 5) is 14.0. The average molecular weight is 269 g/mol. The standard InChI is InChI=1S/C15H27NO3/c1-2-18-14-9-6-10-16(11-14)15(17)12-19-13-7-4-3-5-8-13/h13-14H,2-12H2,1H3. The van der Waals surface area contributed by atoms with Crippen LogP contribution in [0.5, 0.6) is 0 Å². The minimum atomic E-state index is 0.134. The summed E-state index contributed by atoms with van der Waals surface area (Å²) in [5, 5.41) is 0. The molecule has 1 saturated heterocycles. The molecule has 1 unspecified atom stereocenters. The van der Waals surface area contributed by atoms with Crippen molar-refractivity contribution in [3.8, 4) is 0 Å². The minimum absolute atomic E-state index is 0.134. The second-order valence-electron chi connectivity index (χ2n) is 5.63. The van der Waals surface area contributed by atoms with Crippen molar-refractivity contribution in [2.24, 2.45) is 0 Å². The van der Waals surface area contributed by atoms with Gasteiger partial charge in [-0.15, -0.1) is 0 Å². The maximum atomic E-state index is 12.1. The molecular weight excluding hydrogens is 242 g/mol. The van der Waals surface area contributed by atoms with Gasteiger partial charge in [-0.05, 0) is 32.6 Å². The zero-order valence-corrected chi connectivity index (χ0v) is 12.1. The number of likely N-dealkylation sites (tertiary alicyclic amines) is 1. The first-order chi connectivity index (χ1) is 9.29. The van der Waals surface area contributed by atoms with E-state index in [2.05, 4.69) is 0 Å². The van der Waals surface area contributed by atoms with E-state index in [1.54, 1.807) is 0 Å². The maximum absolute atomic E-state index is 12.1. The summed E-state index contributed by atoms with van der Waals surface area (Å²) < 4.78 is 11.4. The fourth-order valence-electron chi connectivity index (χ4n) is 3.05. The highest BCUT2D eigenvalue weighted by atomic mass is 16.5. The molecule has 1 heterocycles. The van der Waals surface area contributed by atoms with Crippen LogP contribution in [0.4, 0.5) is 0 Å². The molecule has 4 nitrogen and oxygen atoms in total. The number of nitrogens with zero attached hydrogens (tertiary/aromatic N) is 1. The van der Waals surface area contributed by atoms with Gasteiger partial charge in [0.1, 0.15) is 6.61 Å². The predicted molar refractivity (Wildman–Crippen MR) is 74.1 cm³/mol. The van der Waals surface area contributed by atoms with Gasteiger partial charge in [-0.2, -0.15) is 0 Å². The van der Waals surface area contributed by atoms with Crippen LogP contribution in [-0.4, -0.2) is 49.3 Å². The van der Waals surface area contributed by atoms with Crippen LogP contribution in [0.1, 0.15) is 51.9 Å². The summed E-state index contributed by atoms with van der Waals surface area (Å²) >= 11 is 0. The normalized spacial score (nSPS) is 25.5. The van der Waals surface area contributed by atoms with Gasteiger partial charge in [-0.25, -0.2) is 0 Å². The molecule has 110 valence electrons. The van der Waals surface area contributed by atoms with Crippen molar-refractivity contribution in [3.05, 3.63) is 0 Å². The fraction of sp³-hybridized carbons (Fsp3) is 0.933. The SMILES string of the molecule is CCOC1CCCN(C(=O)COC2CCCCC2)C1. The van der Waals surface area contributed by atoms with E-state index < -0.39 is 0 Å². The number of carbonyl (C=O) groups excluding carboxylic acids is 1. The van der Waals surface area contributed by atoms with Crippen molar-refractivity contribution in [2.45, 2.75) is 64.1 Å². The van der Waals surface area contributed by atoms with Gasteiger partial charge in [0.05, 0.1) is 12.2 Å². The molecule has 1 amide bonds. The third kappa shape index (κ3) is 4.77. The highest BCUT2D eigenvalue weighted by Gasteiger charge is 2.24. The molecule has 19 heavy (non-hydrogen) atoms. The molecule has 0 aromatic carbocycles. The Bertz CT molecular complexity index is 275. The lowest BCUT2D eigenvalue weighted by Crippen LogP contribution is -2.45. The Kier molecular flexibility index (Phi) is 6.11. The van der Waals surface area contributed by atoms with E-state index in [0.717, 1.165) is 45.4 Å². The summed E-state index contributed by atoms with van der Waals surface area (Å²) in [5.74, 6) is 0.134. The lowest BCUT2D eigenvalue weighted by atomic mass is 9.98. The van der Waals surface area contributed by atoms with E-state index in [0.29, 0.717) is 6.10 Å². The summed E-state index contributed by atoms with van der Waals surface area (Å²) in [7, 11) is 0. The van der Waals surface area contributed by atoms with Gasteiger partial charge in [0, 0.05) is 19.7 Å². The van der Waals surface area contributed by atoms with Gasteiger partial charge >= 0.3 is 0 Å². The molecule has 4 heteroatoms. The van der Waals surface area contributed by atoms with E-state index in [9.17, 15) is 4.79 Å². The van der Waals surface area contributed by atoms with E-state index in [1.807, 2.05) is 11.8 Å². The molecule has 1 aliphatic heterocycles. The van der Waals surface area contributed by atoms with Crippen molar-refractivity contribution in [2.75, 3.05) is 26.3 Å². The number of ether oxygens (including phenoxy) is 2. The third-order valence-corrected chi connectivity index (χ3v) is 4.13. The van der Waals surface area contributed by atoms with E-state index in [-0.39, 0.29) is 18.6 Å². The number of amides is 1. The van der Waals surface area contributed by atoms with Crippen LogP contribution >= 0.6 is 0 Å². The van der Waals surface area contributed by atoms with Gasteiger partial charge in [0.15, 0.2) is 0 Å². The number of hydrogen-bond acceptors (Lipinski definition) is 3. The molecule has 2 rings (SSSR count). The van der Waals surface area contributed by atoms with Crippen LogP contribution < -0.4 is 0 Å². The van der Waals surface area contributed by atoms with E-state index in [1.165, 1.54) is 19.3 Å². The van der Waals surface area contributed by atoms with Crippen molar-refractivity contribution in [3.63, 3.8) is 0 Å². The zero-order chi connectivity index (χ0) is 13.5. The molecule has 0 spiro atoms. The summed E-state index contributed by atoms with van der Waals surface area (Å²) in [6.07, 6.45) is 8.69. The van der Waals surface area contributed by atoms with Gasteiger partial charge in [0.25, 0.3) is 0 Å². The first-order valence-corrected chi connectivity index (χ1v) is 7.80. The number of piperidine rings is 1. The van der Waals surface area contributed by atoms with Gasteiger partial charge in [0.2, 0.25) is 5.91 Å². The molecule has 2 aliphatic rings. The first-order valence-electron chi connectivity index (χ1n) is 7.80. The lowest BCUT2D eigenvalue weighted by molar-refractivity contribution is -0.142. The fourth-order valence-corrected chi connectivity index (χ4v) is 3.05. The second kappa shape index (κ2) is 7.85. The lowest BCUT2D eigenvalue weighted by Gasteiger charge is -2.33. The quantitative estimate of drug-likeness (QED) is 0.769. The van der Waals surface area contributed by atoms with Crippen molar-refractivity contribution >= 4 is 5.91 Å². The smallest absolute Gasteiger partial charge is 0.248 e. The van der Waals surface area contributed by atoms with Gasteiger partial charge < -0.3 is 14.4 Å². The molecular formula is C15H27NO3. The van der Waals surface area contributed by atoms with Crippen LogP contribution in [0, 0.1) is 0 Å². The molecule has 1 aliphatic carbocycles. The Labute approximate surface area is 116 Å².